The van der Waals surface area contributed by atoms with Crippen LogP contribution >= 0.6 is 0 Å². The molecule has 0 bridgehead atoms. The fourth-order valence-electron chi connectivity index (χ4n) is 2.17. The van der Waals surface area contributed by atoms with Crippen LogP contribution in [-0.2, 0) is 4.74 Å². The number of hydrogen-bond acceptors (Lipinski definition) is 2. The van der Waals surface area contributed by atoms with Gasteiger partial charge in [-0.25, -0.2) is 4.39 Å². The Balaban J connectivity index is 1.88. The van der Waals surface area contributed by atoms with Gasteiger partial charge in [0.25, 0.3) is 0 Å². The zero-order chi connectivity index (χ0) is 13.0. The van der Waals surface area contributed by atoms with Gasteiger partial charge in [-0.15, -0.1) is 0 Å². The van der Waals surface area contributed by atoms with E-state index in [0.717, 1.165) is 42.9 Å². The van der Waals surface area contributed by atoms with E-state index in [2.05, 4.69) is 7.05 Å². The molecule has 100 valence electrons. The largest absolute Gasteiger partial charge is 0.484 e. The van der Waals surface area contributed by atoms with Crippen molar-refractivity contribution >= 4 is 0 Å². The van der Waals surface area contributed by atoms with Gasteiger partial charge in [-0.2, -0.15) is 0 Å². The van der Waals surface area contributed by atoms with E-state index >= 15 is 0 Å². The minimum absolute atomic E-state index is 0.278. The van der Waals surface area contributed by atoms with Crippen LogP contribution in [0.25, 0.3) is 0 Å². The first-order valence-corrected chi connectivity index (χ1v) is 6.40. The molecule has 2 rings (SSSR count). The quantitative estimate of drug-likeness (QED) is 0.765. The third-order valence-corrected chi connectivity index (χ3v) is 3.59. The van der Waals surface area contributed by atoms with Gasteiger partial charge in [0.05, 0.1) is 20.3 Å². The molecule has 1 aromatic carbocycles. The Bertz CT molecular complexity index is 383. The molecule has 3 nitrogen and oxygen atoms in total. The number of likely N-dealkylation sites (N-methyl/N-ethyl adjacent to an activating group) is 1. The van der Waals surface area contributed by atoms with E-state index in [1.165, 1.54) is 6.07 Å². The second-order valence-electron chi connectivity index (χ2n) is 5.14. The summed E-state index contributed by atoms with van der Waals surface area (Å²) < 4.78 is 25.5. The zero-order valence-corrected chi connectivity index (χ0v) is 11.1. The molecule has 1 aromatic rings. The first-order chi connectivity index (χ1) is 8.61. The molecule has 0 aromatic heterocycles. The average Bonchev–Trinajstić information content (AvgIpc) is 2.34. The number of para-hydroxylation sites is 1. The number of quaternary nitrogens is 1. The van der Waals surface area contributed by atoms with Gasteiger partial charge in [-0.1, -0.05) is 12.1 Å². The molecule has 0 saturated carbocycles. The van der Waals surface area contributed by atoms with Gasteiger partial charge < -0.3 is 14.0 Å². The SMILES string of the molecule is Cc1cccc(F)c1OCC[N+]1(C)CCOCC1. The Labute approximate surface area is 108 Å². The van der Waals surface area contributed by atoms with E-state index in [4.69, 9.17) is 9.47 Å². The summed E-state index contributed by atoms with van der Waals surface area (Å²) in [6.45, 7) is 6.89. The molecule has 1 fully saturated rings. The second kappa shape index (κ2) is 5.67. The first-order valence-electron chi connectivity index (χ1n) is 6.40. The maximum atomic E-state index is 13.6. The van der Waals surface area contributed by atoms with E-state index in [1.54, 1.807) is 6.07 Å². The average molecular weight is 254 g/mol. The maximum Gasteiger partial charge on any atom is 0.165 e. The van der Waals surface area contributed by atoms with Crippen molar-refractivity contribution < 1.29 is 18.3 Å². The molecule has 0 amide bonds. The molecule has 0 atom stereocenters. The monoisotopic (exact) mass is 254 g/mol. The number of aryl methyl sites for hydroxylation is 1. The Hall–Kier alpha value is -1.13. The Kier molecular flexibility index (Phi) is 4.19. The van der Waals surface area contributed by atoms with Crippen molar-refractivity contribution in [3.8, 4) is 5.75 Å². The lowest BCUT2D eigenvalue weighted by molar-refractivity contribution is -0.916. The summed E-state index contributed by atoms with van der Waals surface area (Å²) in [4.78, 5) is 0. The minimum atomic E-state index is -0.278. The van der Waals surface area contributed by atoms with Gasteiger partial charge in [-0.3, -0.25) is 0 Å². The number of morpholine rings is 1. The lowest BCUT2D eigenvalue weighted by atomic mass is 10.2. The van der Waals surface area contributed by atoms with Crippen molar-refractivity contribution in [2.24, 2.45) is 0 Å². The minimum Gasteiger partial charge on any atom is -0.484 e. The molecule has 0 spiro atoms. The van der Waals surface area contributed by atoms with Crippen LogP contribution in [0.2, 0.25) is 0 Å². The number of hydrogen-bond donors (Lipinski definition) is 0. The standard InChI is InChI=1S/C14H21FNO2/c1-12-4-3-5-13(15)14(12)18-11-8-16(2)6-9-17-10-7-16/h3-5H,6-11H2,1-2H3/q+1. The fourth-order valence-corrected chi connectivity index (χ4v) is 2.17. The summed E-state index contributed by atoms with van der Waals surface area (Å²) in [5.74, 6) is 0.108. The van der Waals surface area contributed by atoms with Crippen LogP contribution in [0.3, 0.4) is 0 Å². The molecule has 1 heterocycles. The van der Waals surface area contributed by atoms with Crippen LogP contribution in [0.5, 0.6) is 5.75 Å². The van der Waals surface area contributed by atoms with Gasteiger partial charge in [0.1, 0.15) is 26.2 Å². The molecule has 0 aliphatic carbocycles. The van der Waals surface area contributed by atoms with Crippen LogP contribution in [0.15, 0.2) is 18.2 Å². The number of benzene rings is 1. The molecule has 1 aliphatic rings. The summed E-state index contributed by atoms with van der Waals surface area (Å²) in [5, 5.41) is 0. The zero-order valence-electron chi connectivity index (χ0n) is 11.1. The van der Waals surface area contributed by atoms with Gasteiger partial charge >= 0.3 is 0 Å². The van der Waals surface area contributed by atoms with E-state index in [0.29, 0.717) is 12.4 Å². The summed E-state index contributed by atoms with van der Waals surface area (Å²) >= 11 is 0. The lowest BCUT2D eigenvalue weighted by Crippen LogP contribution is -2.53. The summed E-state index contributed by atoms with van der Waals surface area (Å²) in [7, 11) is 2.19. The molecule has 0 unspecified atom stereocenters. The molecule has 18 heavy (non-hydrogen) atoms. The Morgan fingerprint density at radius 3 is 2.72 bits per heavy atom. The van der Waals surface area contributed by atoms with Crippen LogP contribution in [-0.4, -0.2) is 51.0 Å². The number of rotatable bonds is 4. The van der Waals surface area contributed by atoms with Crippen LogP contribution < -0.4 is 4.74 Å². The van der Waals surface area contributed by atoms with Crippen molar-refractivity contribution in [3.63, 3.8) is 0 Å². The van der Waals surface area contributed by atoms with Gasteiger partial charge in [0, 0.05) is 0 Å². The van der Waals surface area contributed by atoms with Crippen molar-refractivity contribution in [1.29, 1.82) is 0 Å². The summed E-state index contributed by atoms with van der Waals surface area (Å²) in [6.07, 6.45) is 0. The second-order valence-corrected chi connectivity index (χ2v) is 5.14. The van der Waals surface area contributed by atoms with Gasteiger partial charge in [0.2, 0.25) is 0 Å². The molecule has 0 N–H and O–H groups in total. The van der Waals surface area contributed by atoms with Crippen LogP contribution in [0, 0.1) is 12.7 Å². The highest BCUT2D eigenvalue weighted by Crippen LogP contribution is 2.21. The molecule has 1 saturated heterocycles. The number of ether oxygens (including phenoxy) is 2. The predicted octanol–water partition coefficient (Wildman–Crippen LogP) is 1.99. The highest BCUT2D eigenvalue weighted by Gasteiger charge is 2.25. The maximum absolute atomic E-state index is 13.6. The van der Waals surface area contributed by atoms with Crippen molar-refractivity contribution in [2.75, 3.05) is 46.5 Å². The topological polar surface area (TPSA) is 18.5 Å². The highest BCUT2D eigenvalue weighted by atomic mass is 19.1. The molecule has 0 radical (unpaired) electrons. The van der Waals surface area contributed by atoms with E-state index in [1.807, 2.05) is 13.0 Å². The number of nitrogens with zero attached hydrogens (tertiary/aromatic N) is 1. The van der Waals surface area contributed by atoms with Crippen molar-refractivity contribution in [1.82, 2.24) is 0 Å². The number of halogens is 1. The van der Waals surface area contributed by atoms with E-state index in [9.17, 15) is 4.39 Å². The fraction of sp³-hybridized carbons (Fsp3) is 0.571. The smallest absolute Gasteiger partial charge is 0.165 e. The third-order valence-electron chi connectivity index (χ3n) is 3.59. The summed E-state index contributed by atoms with van der Waals surface area (Å²) in [5.41, 5.74) is 0.847. The first kappa shape index (κ1) is 13.3. The Morgan fingerprint density at radius 2 is 2.06 bits per heavy atom. The van der Waals surface area contributed by atoms with Crippen molar-refractivity contribution in [3.05, 3.63) is 29.6 Å². The third kappa shape index (κ3) is 3.21. The predicted molar refractivity (Wildman–Crippen MR) is 68.2 cm³/mol. The Morgan fingerprint density at radius 1 is 1.33 bits per heavy atom. The van der Waals surface area contributed by atoms with Crippen LogP contribution in [0.1, 0.15) is 5.56 Å². The van der Waals surface area contributed by atoms with E-state index < -0.39 is 0 Å². The molecular weight excluding hydrogens is 233 g/mol. The molecular formula is C14H21FNO2+. The lowest BCUT2D eigenvalue weighted by Gasteiger charge is -2.37. The van der Waals surface area contributed by atoms with Gasteiger partial charge in [-0.05, 0) is 18.6 Å². The highest BCUT2D eigenvalue weighted by molar-refractivity contribution is 5.33. The van der Waals surface area contributed by atoms with Crippen LogP contribution in [0.4, 0.5) is 4.39 Å². The van der Waals surface area contributed by atoms with Gasteiger partial charge in [0.15, 0.2) is 11.6 Å². The summed E-state index contributed by atoms with van der Waals surface area (Å²) in [6, 6.07) is 5.00. The normalized spacial score (nSPS) is 18.6. The molecule has 1 aliphatic heterocycles. The molecule has 4 heteroatoms. The van der Waals surface area contributed by atoms with E-state index in [-0.39, 0.29) is 5.82 Å². The van der Waals surface area contributed by atoms with Crippen molar-refractivity contribution in [2.45, 2.75) is 6.92 Å².